The highest BCUT2D eigenvalue weighted by molar-refractivity contribution is 6.29. The minimum atomic E-state index is 0.377. The smallest absolute Gasteiger partial charge is 0.175 e. The Hall–Kier alpha value is -1.46. The molecule has 0 saturated heterocycles. The van der Waals surface area contributed by atoms with Gasteiger partial charge >= 0.3 is 0 Å². The molecule has 0 aliphatic heterocycles. The van der Waals surface area contributed by atoms with E-state index >= 15 is 0 Å². The van der Waals surface area contributed by atoms with Gasteiger partial charge in [-0.25, -0.2) is 4.68 Å². The quantitative estimate of drug-likeness (QED) is 0.901. The molecule has 0 aliphatic carbocycles. The number of hydrogen-bond acceptors (Lipinski definition) is 4. The molecule has 6 heteroatoms. The van der Waals surface area contributed by atoms with Gasteiger partial charge in [-0.3, -0.25) is 0 Å². The fourth-order valence-corrected chi connectivity index (χ4v) is 1.43. The maximum absolute atomic E-state index is 5.68. The second-order valence-corrected chi connectivity index (χ2v) is 4.43. The van der Waals surface area contributed by atoms with Crippen LogP contribution in [0.25, 0.3) is 5.82 Å². The van der Waals surface area contributed by atoms with E-state index in [1.54, 1.807) is 16.8 Å². The van der Waals surface area contributed by atoms with Crippen molar-refractivity contribution in [3.05, 3.63) is 35.2 Å². The van der Waals surface area contributed by atoms with E-state index in [1.807, 2.05) is 12.4 Å². The summed E-state index contributed by atoms with van der Waals surface area (Å²) in [5.74, 6) is 0.658. The third kappa shape index (κ3) is 3.25. The maximum atomic E-state index is 5.68. The average Bonchev–Trinajstić information content (AvgIpc) is 2.76. The zero-order valence-corrected chi connectivity index (χ0v) is 10.5. The molecular formula is C11H14ClN5. The molecule has 90 valence electrons. The fourth-order valence-electron chi connectivity index (χ4n) is 1.33. The van der Waals surface area contributed by atoms with E-state index in [0.717, 1.165) is 12.1 Å². The zero-order chi connectivity index (χ0) is 12.3. The lowest BCUT2D eigenvalue weighted by molar-refractivity contribution is 0.589. The van der Waals surface area contributed by atoms with Crippen molar-refractivity contribution in [1.82, 2.24) is 25.3 Å². The summed E-state index contributed by atoms with van der Waals surface area (Å²) in [5, 5.41) is 15.7. The first-order valence-electron chi connectivity index (χ1n) is 5.41. The zero-order valence-electron chi connectivity index (χ0n) is 9.76. The van der Waals surface area contributed by atoms with E-state index < -0.39 is 0 Å². The third-order valence-corrected chi connectivity index (χ3v) is 2.40. The summed E-state index contributed by atoms with van der Waals surface area (Å²) in [5.41, 5.74) is 1.11. The van der Waals surface area contributed by atoms with Crippen LogP contribution in [-0.4, -0.2) is 26.0 Å². The monoisotopic (exact) mass is 251 g/mol. The van der Waals surface area contributed by atoms with E-state index in [2.05, 4.69) is 34.5 Å². The van der Waals surface area contributed by atoms with Crippen LogP contribution in [0.3, 0.4) is 0 Å². The first-order valence-corrected chi connectivity index (χ1v) is 5.79. The summed E-state index contributed by atoms with van der Waals surface area (Å²) in [4.78, 5) is 0. The predicted octanol–water partition coefficient (Wildman–Crippen LogP) is 1.81. The molecule has 1 N–H and O–H groups in total. The molecule has 0 saturated carbocycles. The van der Waals surface area contributed by atoms with Crippen molar-refractivity contribution >= 4 is 11.6 Å². The molecule has 0 fully saturated rings. The number of nitrogens with one attached hydrogen (secondary N) is 1. The number of rotatable bonds is 4. The van der Waals surface area contributed by atoms with Gasteiger partial charge in [0, 0.05) is 24.3 Å². The van der Waals surface area contributed by atoms with Crippen molar-refractivity contribution in [2.24, 2.45) is 0 Å². The summed E-state index contributed by atoms with van der Waals surface area (Å²) in [6.07, 6.45) is 3.74. The first kappa shape index (κ1) is 12.0. The van der Waals surface area contributed by atoms with Crippen molar-refractivity contribution in [3.63, 3.8) is 0 Å². The van der Waals surface area contributed by atoms with Gasteiger partial charge in [0.2, 0.25) is 0 Å². The molecule has 0 aromatic carbocycles. The summed E-state index contributed by atoms with van der Waals surface area (Å²) in [6, 6.07) is 3.92. The number of nitrogens with zero attached hydrogens (tertiary/aromatic N) is 4. The molecular weight excluding hydrogens is 238 g/mol. The van der Waals surface area contributed by atoms with Gasteiger partial charge in [-0.15, -0.1) is 10.2 Å². The third-order valence-electron chi connectivity index (χ3n) is 2.20. The Morgan fingerprint density at radius 2 is 2.18 bits per heavy atom. The van der Waals surface area contributed by atoms with Crippen molar-refractivity contribution in [2.75, 3.05) is 0 Å². The topological polar surface area (TPSA) is 55.6 Å². The molecule has 0 bridgehead atoms. The molecule has 2 heterocycles. The number of aromatic nitrogens is 4. The SMILES string of the molecule is CC(C)NCc1cnn(-c2ccc(Cl)nn2)c1. The van der Waals surface area contributed by atoms with Crippen LogP contribution in [0.5, 0.6) is 0 Å². The molecule has 2 aromatic rings. The average molecular weight is 252 g/mol. The van der Waals surface area contributed by atoms with Crippen LogP contribution in [0.15, 0.2) is 24.5 Å². The normalized spacial score (nSPS) is 11.1. The lowest BCUT2D eigenvalue weighted by Gasteiger charge is -2.05. The van der Waals surface area contributed by atoms with Crippen LogP contribution in [-0.2, 0) is 6.54 Å². The minimum absolute atomic E-state index is 0.377. The van der Waals surface area contributed by atoms with Crippen LogP contribution in [0.2, 0.25) is 5.15 Å². The van der Waals surface area contributed by atoms with Gasteiger partial charge in [0.15, 0.2) is 11.0 Å². The fraction of sp³-hybridized carbons (Fsp3) is 0.364. The lowest BCUT2D eigenvalue weighted by Crippen LogP contribution is -2.21. The van der Waals surface area contributed by atoms with Crippen molar-refractivity contribution in [3.8, 4) is 5.82 Å². The molecule has 0 amide bonds. The molecule has 0 spiro atoms. The van der Waals surface area contributed by atoms with Crippen LogP contribution in [0, 0.1) is 0 Å². The molecule has 5 nitrogen and oxygen atoms in total. The molecule has 2 rings (SSSR count). The van der Waals surface area contributed by atoms with E-state index in [4.69, 9.17) is 11.6 Å². The number of halogens is 1. The Balaban J connectivity index is 2.10. The summed E-state index contributed by atoms with van der Waals surface area (Å²) in [6.45, 7) is 5.00. The van der Waals surface area contributed by atoms with Crippen molar-refractivity contribution < 1.29 is 0 Å². The van der Waals surface area contributed by atoms with E-state index in [1.165, 1.54) is 0 Å². The molecule has 0 radical (unpaired) electrons. The largest absolute Gasteiger partial charge is 0.310 e. The Morgan fingerprint density at radius 3 is 2.82 bits per heavy atom. The number of hydrogen-bond donors (Lipinski definition) is 1. The van der Waals surface area contributed by atoms with Gasteiger partial charge < -0.3 is 5.32 Å². The minimum Gasteiger partial charge on any atom is -0.310 e. The van der Waals surface area contributed by atoms with Gasteiger partial charge in [0.25, 0.3) is 0 Å². The van der Waals surface area contributed by atoms with Crippen LogP contribution in [0.1, 0.15) is 19.4 Å². The Morgan fingerprint density at radius 1 is 1.35 bits per heavy atom. The molecule has 0 aliphatic rings. The predicted molar refractivity (Wildman–Crippen MR) is 66.1 cm³/mol. The Labute approximate surface area is 105 Å². The highest BCUT2D eigenvalue weighted by Gasteiger charge is 2.03. The highest BCUT2D eigenvalue weighted by atomic mass is 35.5. The van der Waals surface area contributed by atoms with Gasteiger partial charge in [0.1, 0.15) is 0 Å². The standard InChI is InChI=1S/C11H14ClN5/c1-8(2)13-5-9-6-14-17(7-9)11-4-3-10(12)15-16-11/h3-4,6-8,13H,5H2,1-2H3. The lowest BCUT2D eigenvalue weighted by atomic mass is 10.3. The van der Waals surface area contributed by atoms with Crippen molar-refractivity contribution in [1.29, 1.82) is 0 Å². The second kappa shape index (κ2) is 5.25. The Bertz CT molecular complexity index is 477. The molecule has 2 aromatic heterocycles. The van der Waals surface area contributed by atoms with E-state index in [-0.39, 0.29) is 0 Å². The molecule has 17 heavy (non-hydrogen) atoms. The van der Waals surface area contributed by atoms with Crippen LogP contribution < -0.4 is 5.32 Å². The van der Waals surface area contributed by atoms with Crippen LogP contribution in [0.4, 0.5) is 0 Å². The second-order valence-electron chi connectivity index (χ2n) is 4.04. The molecule has 0 unspecified atom stereocenters. The van der Waals surface area contributed by atoms with Gasteiger partial charge in [-0.05, 0) is 12.1 Å². The highest BCUT2D eigenvalue weighted by Crippen LogP contribution is 2.07. The van der Waals surface area contributed by atoms with Gasteiger partial charge in [0.05, 0.1) is 6.20 Å². The maximum Gasteiger partial charge on any atom is 0.175 e. The van der Waals surface area contributed by atoms with E-state index in [0.29, 0.717) is 17.0 Å². The Kier molecular flexibility index (Phi) is 3.71. The summed E-state index contributed by atoms with van der Waals surface area (Å²) >= 11 is 5.68. The molecule has 0 atom stereocenters. The summed E-state index contributed by atoms with van der Waals surface area (Å²) in [7, 11) is 0. The van der Waals surface area contributed by atoms with Crippen LogP contribution >= 0.6 is 11.6 Å². The summed E-state index contributed by atoms with van der Waals surface area (Å²) < 4.78 is 1.68. The van der Waals surface area contributed by atoms with Gasteiger partial charge in [-0.2, -0.15) is 5.10 Å². The van der Waals surface area contributed by atoms with E-state index in [9.17, 15) is 0 Å². The van der Waals surface area contributed by atoms with Gasteiger partial charge in [-0.1, -0.05) is 25.4 Å². The first-order chi connectivity index (χ1) is 8.15. The van der Waals surface area contributed by atoms with Crippen molar-refractivity contribution in [2.45, 2.75) is 26.4 Å².